The molecule has 4 rings (SSSR count). The lowest BCUT2D eigenvalue weighted by atomic mass is 10.0. The highest BCUT2D eigenvalue weighted by Gasteiger charge is 2.41. The maximum absolute atomic E-state index is 13.1. The summed E-state index contributed by atoms with van der Waals surface area (Å²) in [5, 5.41) is 13.9. The fourth-order valence-electron chi connectivity index (χ4n) is 3.25. The molecule has 1 aromatic carbocycles. The number of benzene rings is 1. The van der Waals surface area contributed by atoms with E-state index in [-0.39, 0.29) is 11.9 Å². The first-order valence-corrected chi connectivity index (χ1v) is 7.43. The summed E-state index contributed by atoms with van der Waals surface area (Å²) in [5.74, 6) is 0.175. The summed E-state index contributed by atoms with van der Waals surface area (Å²) in [4.78, 5) is 13.1. The van der Waals surface area contributed by atoms with Crippen LogP contribution in [0.25, 0.3) is 11.1 Å². The van der Waals surface area contributed by atoms with E-state index in [1.54, 1.807) is 18.3 Å². The van der Waals surface area contributed by atoms with Gasteiger partial charge in [0.15, 0.2) is 0 Å². The van der Waals surface area contributed by atoms with Crippen LogP contribution in [-0.4, -0.2) is 31.9 Å². The van der Waals surface area contributed by atoms with Crippen LogP contribution in [-0.2, 0) is 13.1 Å². The maximum atomic E-state index is 13.1. The zero-order valence-electron chi connectivity index (χ0n) is 11.9. The summed E-state index contributed by atoms with van der Waals surface area (Å²) in [6.07, 6.45) is 3.05. The van der Waals surface area contributed by atoms with E-state index in [0.29, 0.717) is 19.0 Å². The summed E-state index contributed by atoms with van der Waals surface area (Å²) in [6, 6.07) is 6.23. The van der Waals surface area contributed by atoms with Gasteiger partial charge < -0.3 is 5.11 Å². The van der Waals surface area contributed by atoms with Crippen LogP contribution in [0.3, 0.4) is 0 Å². The third-order valence-electron chi connectivity index (χ3n) is 4.60. The number of aromatic nitrogens is 2. The Kier molecular flexibility index (Phi) is 2.92. The molecule has 1 unspecified atom stereocenters. The lowest BCUT2D eigenvalue weighted by molar-refractivity contribution is 0.0911. The maximum Gasteiger partial charge on any atom is 0.407 e. The number of hydrogen-bond acceptors (Lipinski definition) is 2. The van der Waals surface area contributed by atoms with Crippen molar-refractivity contribution in [2.75, 3.05) is 0 Å². The first kappa shape index (κ1) is 13.3. The van der Waals surface area contributed by atoms with Crippen molar-refractivity contribution in [2.24, 2.45) is 5.92 Å². The molecule has 5 nitrogen and oxygen atoms in total. The molecular weight excluding hydrogens is 285 g/mol. The second-order valence-corrected chi connectivity index (χ2v) is 6.01. The standard InChI is InChI=1S/C16H16FN3O2/c17-12-5-3-10(4-6-12)13-7-18-20-9-14(11-1-2-11)19(16(21)22)8-15(13)20/h3-7,11,14H,1-2,8-9H2,(H,21,22). The van der Waals surface area contributed by atoms with Crippen molar-refractivity contribution >= 4 is 6.09 Å². The van der Waals surface area contributed by atoms with Crippen LogP contribution in [0.15, 0.2) is 30.5 Å². The van der Waals surface area contributed by atoms with Gasteiger partial charge in [0, 0.05) is 5.56 Å². The van der Waals surface area contributed by atoms with Crippen LogP contribution >= 0.6 is 0 Å². The van der Waals surface area contributed by atoms with Crippen molar-refractivity contribution in [3.63, 3.8) is 0 Å². The second-order valence-electron chi connectivity index (χ2n) is 6.01. The van der Waals surface area contributed by atoms with Gasteiger partial charge in [-0.3, -0.25) is 9.58 Å². The molecule has 6 heteroatoms. The Hall–Kier alpha value is -2.37. The lowest BCUT2D eigenvalue weighted by Crippen LogP contribution is -2.47. The molecule has 2 aliphatic rings. The van der Waals surface area contributed by atoms with E-state index in [9.17, 15) is 14.3 Å². The number of rotatable bonds is 2. The zero-order valence-corrected chi connectivity index (χ0v) is 11.9. The SMILES string of the molecule is O=C(O)N1Cc2c(-c3ccc(F)cc3)cnn2CC1C1CC1. The molecule has 1 N–H and O–H groups in total. The van der Waals surface area contributed by atoms with E-state index in [1.165, 1.54) is 17.0 Å². The Bertz CT molecular complexity index is 721. The molecule has 1 fully saturated rings. The summed E-state index contributed by atoms with van der Waals surface area (Å²) < 4.78 is 15.0. The number of carboxylic acid groups (broad SMARTS) is 1. The molecule has 1 amide bonds. The van der Waals surface area contributed by atoms with Crippen LogP contribution in [0.1, 0.15) is 18.5 Å². The minimum absolute atomic E-state index is 0.0194. The van der Waals surface area contributed by atoms with Crippen LogP contribution in [0.5, 0.6) is 0 Å². The monoisotopic (exact) mass is 301 g/mol. The third-order valence-corrected chi connectivity index (χ3v) is 4.60. The van der Waals surface area contributed by atoms with E-state index >= 15 is 0 Å². The highest BCUT2D eigenvalue weighted by Crippen LogP contribution is 2.39. The summed E-state index contributed by atoms with van der Waals surface area (Å²) in [7, 11) is 0. The number of fused-ring (bicyclic) bond motifs is 1. The van der Waals surface area contributed by atoms with Gasteiger partial charge >= 0.3 is 6.09 Å². The predicted molar refractivity (Wildman–Crippen MR) is 77.7 cm³/mol. The van der Waals surface area contributed by atoms with E-state index < -0.39 is 6.09 Å². The molecular formula is C16H16FN3O2. The number of hydrogen-bond donors (Lipinski definition) is 1. The van der Waals surface area contributed by atoms with Gasteiger partial charge in [0.25, 0.3) is 0 Å². The smallest absolute Gasteiger partial charge is 0.407 e. The fourth-order valence-corrected chi connectivity index (χ4v) is 3.25. The highest BCUT2D eigenvalue weighted by atomic mass is 19.1. The molecule has 2 heterocycles. The van der Waals surface area contributed by atoms with Crippen molar-refractivity contribution in [3.8, 4) is 11.1 Å². The zero-order chi connectivity index (χ0) is 15.3. The Morgan fingerprint density at radius 1 is 1.27 bits per heavy atom. The van der Waals surface area contributed by atoms with Crippen molar-refractivity contribution in [1.29, 1.82) is 0 Å². The molecule has 1 aliphatic heterocycles. The van der Waals surface area contributed by atoms with E-state index in [1.807, 2.05) is 4.68 Å². The van der Waals surface area contributed by atoms with Gasteiger partial charge in [-0.05, 0) is 36.5 Å². The first-order chi connectivity index (χ1) is 10.6. The number of nitrogens with zero attached hydrogens (tertiary/aromatic N) is 3. The topological polar surface area (TPSA) is 58.4 Å². The molecule has 0 bridgehead atoms. The van der Waals surface area contributed by atoms with E-state index in [4.69, 9.17) is 0 Å². The largest absolute Gasteiger partial charge is 0.465 e. The molecule has 0 spiro atoms. The molecule has 0 saturated heterocycles. The average Bonchev–Trinajstić information content (AvgIpc) is 3.27. The Labute approximate surface area is 127 Å². The fraction of sp³-hybridized carbons (Fsp3) is 0.375. The summed E-state index contributed by atoms with van der Waals surface area (Å²) in [6.45, 7) is 0.941. The molecule has 1 saturated carbocycles. The normalized spacial score (nSPS) is 20.8. The van der Waals surface area contributed by atoms with Gasteiger partial charge in [0.05, 0.1) is 31.0 Å². The minimum Gasteiger partial charge on any atom is -0.465 e. The van der Waals surface area contributed by atoms with Gasteiger partial charge in [0.2, 0.25) is 0 Å². The van der Waals surface area contributed by atoms with Crippen LogP contribution < -0.4 is 0 Å². The van der Waals surface area contributed by atoms with Crippen molar-refractivity contribution in [3.05, 3.63) is 42.0 Å². The first-order valence-electron chi connectivity index (χ1n) is 7.43. The van der Waals surface area contributed by atoms with Gasteiger partial charge in [-0.15, -0.1) is 0 Å². The molecule has 22 heavy (non-hydrogen) atoms. The second kappa shape index (κ2) is 4.83. The highest BCUT2D eigenvalue weighted by molar-refractivity contribution is 5.69. The van der Waals surface area contributed by atoms with Gasteiger partial charge in [0.1, 0.15) is 5.82 Å². The summed E-state index contributed by atoms with van der Waals surface area (Å²) in [5.41, 5.74) is 2.62. The third kappa shape index (κ3) is 2.15. The van der Waals surface area contributed by atoms with Crippen molar-refractivity contribution in [1.82, 2.24) is 14.7 Å². The quantitative estimate of drug-likeness (QED) is 0.927. The number of amides is 1. The van der Waals surface area contributed by atoms with Gasteiger partial charge in [-0.1, -0.05) is 12.1 Å². The Morgan fingerprint density at radius 3 is 2.64 bits per heavy atom. The van der Waals surface area contributed by atoms with Gasteiger partial charge in [-0.25, -0.2) is 9.18 Å². The van der Waals surface area contributed by atoms with Crippen LogP contribution in [0.2, 0.25) is 0 Å². The molecule has 1 aromatic heterocycles. The number of halogens is 1. The molecule has 0 radical (unpaired) electrons. The van der Waals surface area contributed by atoms with Gasteiger partial charge in [-0.2, -0.15) is 5.10 Å². The predicted octanol–water partition coefficient (Wildman–Crippen LogP) is 2.96. The average molecular weight is 301 g/mol. The van der Waals surface area contributed by atoms with Crippen LogP contribution in [0, 0.1) is 11.7 Å². The molecule has 1 aliphatic carbocycles. The number of carbonyl (C=O) groups is 1. The molecule has 114 valence electrons. The van der Waals surface area contributed by atoms with E-state index in [0.717, 1.165) is 29.7 Å². The lowest BCUT2D eigenvalue weighted by Gasteiger charge is -2.34. The molecule has 1 atom stereocenters. The molecule has 2 aromatic rings. The Balaban J connectivity index is 1.72. The minimum atomic E-state index is -0.880. The Morgan fingerprint density at radius 2 is 2.00 bits per heavy atom. The van der Waals surface area contributed by atoms with Crippen LogP contribution in [0.4, 0.5) is 9.18 Å². The summed E-state index contributed by atoms with van der Waals surface area (Å²) >= 11 is 0. The van der Waals surface area contributed by atoms with Crippen molar-refractivity contribution in [2.45, 2.75) is 32.0 Å². The van der Waals surface area contributed by atoms with Crippen molar-refractivity contribution < 1.29 is 14.3 Å². The van der Waals surface area contributed by atoms with E-state index in [2.05, 4.69) is 5.10 Å².